The SMILES string of the molecule is CC1=Cc2c(Br)cccc2C1[Si](C)(C)C1C(C)=Cc2c1cc1ccccc1c2Br. The van der Waals surface area contributed by atoms with Gasteiger partial charge in [-0.05, 0) is 68.9 Å². The Morgan fingerprint density at radius 1 is 0.759 bits per heavy atom. The highest BCUT2D eigenvalue weighted by atomic mass is 79.9. The van der Waals surface area contributed by atoms with E-state index in [0.717, 1.165) is 0 Å². The van der Waals surface area contributed by atoms with Crippen LogP contribution in [0.15, 0.2) is 68.6 Å². The van der Waals surface area contributed by atoms with Crippen LogP contribution in [0.4, 0.5) is 0 Å². The number of benzene rings is 3. The Hall–Kier alpha value is -1.42. The lowest BCUT2D eigenvalue weighted by atomic mass is 10.0. The summed E-state index contributed by atoms with van der Waals surface area (Å²) in [6.07, 6.45) is 4.84. The Morgan fingerprint density at radius 3 is 2.17 bits per heavy atom. The van der Waals surface area contributed by atoms with E-state index >= 15 is 0 Å². The van der Waals surface area contributed by atoms with E-state index in [4.69, 9.17) is 0 Å². The van der Waals surface area contributed by atoms with E-state index in [2.05, 4.69) is 119 Å². The van der Waals surface area contributed by atoms with E-state index in [-0.39, 0.29) is 0 Å². The molecule has 0 saturated carbocycles. The van der Waals surface area contributed by atoms with Crippen molar-refractivity contribution in [2.45, 2.75) is 38.0 Å². The van der Waals surface area contributed by atoms with Gasteiger partial charge in [0, 0.05) is 20.0 Å². The number of fused-ring (bicyclic) bond motifs is 3. The van der Waals surface area contributed by atoms with Gasteiger partial charge in [-0.3, -0.25) is 0 Å². The van der Waals surface area contributed by atoms with Gasteiger partial charge < -0.3 is 0 Å². The van der Waals surface area contributed by atoms with Crippen LogP contribution >= 0.6 is 31.9 Å². The first kappa shape index (κ1) is 19.5. The molecule has 2 aliphatic carbocycles. The van der Waals surface area contributed by atoms with Crippen molar-refractivity contribution in [3.8, 4) is 0 Å². The van der Waals surface area contributed by atoms with Gasteiger partial charge in [0.1, 0.15) is 0 Å². The molecule has 3 aromatic carbocycles. The highest BCUT2D eigenvalue weighted by Crippen LogP contribution is 2.54. The van der Waals surface area contributed by atoms with Crippen molar-refractivity contribution in [1.29, 1.82) is 0 Å². The number of allylic oxidation sites excluding steroid dienone is 2. The van der Waals surface area contributed by atoms with Crippen LogP contribution in [0.25, 0.3) is 22.9 Å². The molecular weight excluding hydrogens is 500 g/mol. The third-order valence-electron chi connectivity index (χ3n) is 6.91. The highest BCUT2D eigenvalue weighted by molar-refractivity contribution is 9.11. The molecule has 0 spiro atoms. The summed E-state index contributed by atoms with van der Waals surface area (Å²) in [6, 6.07) is 17.9. The molecule has 0 bridgehead atoms. The van der Waals surface area contributed by atoms with Gasteiger partial charge in [0.25, 0.3) is 0 Å². The molecule has 2 atom stereocenters. The molecule has 0 radical (unpaired) electrons. The molecule has 5 rings (SSSR count). The smallest absolute Gasteiger partial charge is 0.0679 e. The van der Waals surface area contributed by atoms with Crippen molar-refractivity contribution in [1.82, 2.24) is 0 Å². The molecule has 0 fully saturated rings. The number of hydrogen-bond acceptors (Lipinski definition) is 0. The Bertz CT molecular complexity index is 1230. The minimum absolute atomic E-state index is 0.525. The first-order valence-electron chi connectivity index (χ1n) is 10.2. The van der Waals surface area contributed by atoms with E-state index in [9.17, 15) is 0 Å². The van der Waals surface area contributed by atoms with Gasteiger partial charge in [-0.15, -0.1) is 0 Å². The Labute approximate surface area is 191 Å². The molecule has 0 heterocycles. The summed E-state index contributed by atoms with van der Waals surface area (Å²) in [5, 5.41) is 2.64. The average Bonchev–Trinajstić information content (AvgIpc) is 3.20. The van der Waals surface area contributed by atoms with Crippen LogP contribution in [0.3, 0.4) is 0 Å². The van der Waals surface area contributed by atoms with Gasteiger partial charge in [-0.2, -0.15) is 0 Å². The van der Waals surface area contributed by atoms with Crippen LogP contribution in [0.1, 0.15) is 47.2 Å². The van der Waals surface area contributed by atoms with Gasteiger partial charge in [0.15, 0.2) is 0 Å². The largest absolute Gasteiger partial charge is 0.0722 e. The molecule has 0 N–H and O–H groups in total. The first-order valence-corrected chi connectivity index (χ1v) is 14.9. The quantitative estimate of drug-likeness (QED) is 0.294. The van der Waals surface area contributed by atoms with Gasteiger partial charge >= 0.3 is 0 Å². The van der Waals surface area contributed by atoms with Crippen LogP contribution in [-0.2, 0) is 0 Å². The third kappa shape index (κ3) is 2.81. The van der Waals surface area contributed by atoms with Gasteiger partial charge in [-0.1, -0.05) is 94.8 Å². The van der Waals surface area contributed by atoms with E-state index in [0.29, 0.717) is 11.1 Å². The highest BCUT2D eigenvalue weighted by Gasteiger charge is 2.47. The van der Waals surface area contributed by atoms with Crippen molar-refractivity contribution in [3.05, 3.63) is 90.9 Å². The second-order valence-corrected chi connectivity index (χ2v) is 15.6. The van der Waals surface area contributed by atoms with Crippen LogP contribution < -0.4 is 0 Å². The van der Waals surface area contributed by atoms with Crippen molar-refractivity contribution >= 4 is 62.9 Å². The van der Waals surface area contributed by atoms with Crippen molar-refractivity contribution in [3.63, 3.8) is 0 Å². The van der Waals surface area contributed by atoms with Crippen LogP contribution in [0.5, 0.6) is 0 Å². The topological polar surface area (TPSA) is 0 Å². The lowest BCUT2D eigenvalue weighted by Gasteiger charge is -2.39. The molecule has 29 heavy (non-hydrogen) atoms. The van der Waals surface area contributed by atoms with Crippen molar-refractivity contribution in [2.75, 3.05) is 0 Å². The Balaban J connectivity index is 1.69. The maximum absolute atomic E-state index is 3.94. The van der Waals surface area contributed by atoms with Gasteiger partial charge in [0.2, 0.25) is 0 Å². The molecule has 0 amide bonds. The summed E-state index contributed by atoms with van der Waals surface area (Å²) in [4.78, 5) is 0. The normalized spacial score (nSPS) is 20.5. The van der Waals surface area contributed by atoms with Gasteiger partial charge in [-0.25, -0.2) is 0 Å². The second-order valence-electron chi connectivity index (χ2n) is 9.12. The van der Waals surface area contributed by atoms with Crippen molar-refractivity contribution < 1.29 is 0 Å². The Morgan fingerprint density at radius 2 is 1.41 bits per heavy atom. The molecule has 3 heteroatoms. The average molecular weight is 524 g/mol. The molecule has 3 aromatic rings. The van der Waals surface area contributed by atoms with Crippen LogP contribution in [0.2, 0.25) is 13.1 Å². The molecular formula is C26H24Br2Si. The zero-order valence-corrected chi connectivity index (χ0v) is 21.4. The third-order valence-corrected chi connectivity index (χ3v) is 13.0. The first-order chi connectivity index (χ1) is 13.8. The lowest BCUT2D eigenvalue weighted by Crippen LogP contribution is -2.42. The van der Waals surface area contributed by atoms with Crippen molar-refractivity contribution in [2.24, 2.45) is 0 Å². The summed E-state index contributed by atoms with van der Waals surface area (Å²) in [5.74, 6) is 0. The fourth-order valence-electron chi connectivity index (χ4n) is 5.94. The minimum atomic E-state index is -1.78. The standard InChI is InChI=1S/C26H24Br2Si/c1-15-12-20-19(10-7-11-23(20)27)25(15)29(3,4)26-16(2)13-21-22(26)14-17-8-5-6-9-18(17)24(21)28/h5-14,25-26H,1-4H3. The maximum Gasteiger partial charge on any atom is 0.0722 e. The lowest BCUT2D eigenvalue weighted by molar-refractivity contribution is 0.969. The summed E-state index contributed by atoms with van der Waals surface area (Å²) >= 11 is 7.72. The summed E-state index contributed by atoms with van der Waals surface area (Å²) < 4.78 is 2.47. The minimum Gasteiger partial charge on any atom is -0.0679 e. The zero-order chi connectivity index (χ0) is 20.5. The predicted octanol–water partition coefficient (Wildman–Crippen LogP) is 8.85. The van der Waals surface area contributed by atoms with E-state index in [1.54, 1.807) is 0 Å². The van der Waals surface area contributed by atoms with E-state index in [1.165, 1.54) is 53.1 Å². The maximum atomic E-state index is 3.94. The summed E-state index contributed by atoms with van der Waals surface area (Å²) in [7, 11) is -1.78. The number of rotatable bonds is 2. The fourth-order valence-corrected chi connectivity index (χ4v) is 12.1. The van der Waals surface area contributed by atoms with Crippen LogP contribution in [0, 0.1) is 0 Å². The number of halogens is 2. The second kappa shape index (κ2) is 6.80. The fraction of sp³-hybridized carbons (Fsp3) is 0.231. The molecule has 146 valence electrons. The van der Waals surface area contributed by atoms with E-state index in [1.807, 2.05) is 0 Å². The zero-order valence-electron chi connectivity index (χ0n) is 17.2. The molecule has 2 unspecified atom stereocenters. The summed E-state index contributed by atoms with van der Waals surface area (Å²) in [5.41, 5.74) is 9.90. The molecule has 0 nitrogen and oxygen atoms in total. The molecule has 0 aliphatic heterocycles. The molecule has 2 aliphatic rings. The van der Waals surface area contributed by atoms with Crippen LogP contribution in [-0.4, -0.2) is 8.07 Å². The molecule has 0 saturated heterocycles. The monoisotopic (exact) mass is 522 g/mol. The van der Waals surface area contributed by atoms with E-state index < -0.39 is 8.07 Å². The predicted molar refractivity (Wildman–Crippen MR) is 136 cm³/mol. The number of hydrogen-bond donors (Lipinski definition) is 0. The Kier molecular flexibility index (Phi) is 4.58. The van der Waals surface area contributed by atoms with Gasteiger partial charge in [0.05, 0.1) is 8.07 Å². The molecule has 0 aromatic heterocycles. The summed E-state index contributed by atoms with van der Waals surface area (Å²) in [6.45, 7) is 9.85.